The van der Waals surface area contributed by atoms with Gasteiger partial charge in [-0.05, 0) is 45.7 Å². The first-order valence-corrected chi connectivity index (χ1v) is 7.74. The molecule has 3 rings (SSSR count). The molecule has 0 amide bonds. The van der Waals surface area contributed by atoms with Crippen molar-refractivity contribution in [2.45, 2.75) is 45.2 Å². The lowest BCUT2D eigenvalue weighted by molar-refractivity contribution is 0.121. The second-order valence-corrected chi connectivity index (χ2v) is 6.07. The van der Waals surface area contributed by atoms with E-state index in [9.17, 15) is 4.79 Å². The van der Waals surface area contributed by atoms with Gasteiger partial charge in [-0.15, -0.1) is 0 Å². The quantitative estimate of drug-likeness (QED) is 0.899. The Labute approximate surface area is 120 Å². The van der Waals surface area contributed by atoms with E-state index in [0.717, 1.165) is 31.4 Å². The number of aromatic nitrogens is 2. The molecule has 0 radical (unpaired) electrons. The monoisotopic (exact) mass is 276 g/mol. The summed E-state index contributed by atoms with van der Waals surface area (Å²) in [5.74, 6) is 0.708. The minimum atomic E-state index is -0.0422. The van der Waals surface area contributed by atoms with Gasteiger partial charge in [-0.1, -0.05) is 0 Å². The first-order chi connectivity index (χ1) is 9.70. The third-order valence-electron chi connectivity index (χ3n) is 4.51. The Balaban J connectivity index is 1.54. The Kier molecular flexibility index (Phi) is 4.17. The van der Waals surface area contributed by atoms with Gasteiger partial charge in [-0.2, -0.15) is 0 Å². The lowest BCUT2D eigenvalue weighted by Gasteiger charge is -2.36. The zero-order valence-corrected chi connectivity index (χ0v) is 12.3. The summed E-state index contributed by atoms with van der Waals surface area (Å²) in [5, 5.41) is 0. The van der Waals surface area contributed by atoms with Gasteiger partial charge >= 0.3 is 0 Å². The summed E-state index contributed by atoms with van der Waals surface area (Å²) >= 11 is 0. The number of likely N-dealkylation sites (tertiary alicyclic amines) is 2. The lowest BCUT2D eigenvalue weighted by atomic mass is 10.0. The first-order valence-electron chi connectivity index (χ1n) is 7.74. The van der Waals surface area contributed by atoms with Crippen LogP contribution in [0.1, 0.15) is 37.2 Å². The Hall–Kier alpha value is -1.20. The van der Waals surface area contributed by atoms with Crippen molar-refractivity contribution in [3.8, 4) is 0 Å². The molecule has 0 saturated carbocycles. The Morgan fingerprint density at radius 3 is 2.60 bits per heavy atom. The average molecular weight is 276 g/mol. The minimum Gasteiger partial charge on any atom is -0.311 e. The van der Waals surface area contributed by atoms with Gasteiger partial charge in [0.2, 0.25) is 0 Å². The third-order valence-corrected chi connectivity index (χ3v) is 4.51. The molecular weight excluding hydrogens is 252 g/mol. The summed E-state index contributed by atoms with van der Waals surface area (Å²) in [5.41, 5.74) is 0.852. The van der Waals surface area contributed by atoms with Crippen molar-refractivity contribution in [3.63, 3.8) is 0 Å². The molecule has 2 fully saturated rings. The molecule has 0 atom stereocenters. The van der Waals surface area contributed by atoms with Crippen LogP contribution in [-0.2, 0) is 6.54 Å². The fraction of sp³-hybridized carbons (Fsp3) is 0.733. The van der Waals surface area contributed by atoms with Crippen molar-refractivity contribution in [3.05, 3.63) is 27.9 Å². The zero-order valence-electron chi connectivity index (χ0n) is 12.3. The summed E-state index contributed by atoms with van der Waals surface area (Å²) in [7, 11) is 0. The number of aryl methyl sites for hydroxylation is 1. The molecule has 0 unspecified atom stereocenters. The van der Waals surface area contributed by atoms with Crippen molar-refractivity contribution in [1.29, 1.82) is 0 Å². The van der Waals surface area contributed by atoms with Crippen LogP contribution in [0, 0.1) is 6.92 Å². The van der Waals surface area contributed by atoms with Crippen LogP contribution in [0.4, 0.5) is 0 Å². The summed E-state index contributed by atoms with van der Waals surface area (Å²) in [6.07, 6.45) is 5.25. The SMILES string of the molecule is Cc1nc(CN2CCC(N3CCCC3)CC2)cc(=O)[nH]1. The normalized spacial score (nSPS) is 22.4. The highest BCUT2D eigenvalue weighted by Crippen LogP contribution is 2.21. The van der Waals surface area contributed by atoms with Crippen LogP contribution >= 0.6 is 0 Å². The second kappa shape index (κ2) is 6.06. The van der Waals surface area contributed by atoms with Gasteiger partial charge in [0.1, 0.15) is 5.82 Å². The molecule has 1 aromatic heterocycles. The van der Waals surface area contributed by atoms with Gasteiger partial charge < -0.3 is 9.88 Å². The Morgan fingerprint density at radius 2 is 1.95 bits per heavy atom. The molecule has 2 aliphatic rings. The highest BCUT2D eigenvalue weighted by Gasteiger charge is 2.26. The summed E-state index contributed by atoms with van der Waals surface area (Å²) in [6, 6.07) is 2.40. The molecule has 0 aliphatic carbocycles. The van der Waals surface area contributed by atoms with Gasteiger partial charge in [0, 0.05) is 31.7 Å². The topological polar surface area (TPSA) is 52.2 Å². The van der Waals surface area contributed by atoms with E-state index in [4.69, 9.17) is 0 Å². The molecule has 0 bridgehead atoms. The molecule has 0 spiro atoms. The van der Waals surface area contributed by atoms with Crippen molar-refractivity contribution < 1.29 is 0 Å². The maximum absolute atomic E-state index is 11.5. The van der Waals surface area contributed by atoms with Gasteiger partial charge in [0.05, 0.1) is 5.69 Å². The maximum atomic E-state index is 11.5. The van der Waals surface area contributed by atoms with Crippen molar-refractivity contribution in [2.24, 2.45) is 0 Å². The van der Waals surface area contributed by atoms with Crippen molar-refractivity contribution in [1.82, 2.24) is 19.8 Å². The zero-order chi connectivity index (χ0) is 13.9. The molecule has 110 valence electrons. The van der Waals surface area contributed by atoms with E-state index in [0.29, 0.717) is 5.82 Å². The van der Waals surface area contributed by atoms with E-state index < -0.39 is 0 Å². The molecule has 0 aromatic carbocycles. The minimum absolute atomic E-state index is 0.0422. The number of rotatable bonds is 3. The van der Waals surface area contributed by atoms with E-state index in [-0.39, 0.29) is 5.56 Å². The Bertz CT molecular complexity index is 499. The molecule has 2 saturated heterocycles. The summed E-state index contributed by atoms with van der Waals surface area (Å²) in [4.78, 5) is 23.7. The smallest absolute Gasteiger partial charge is 0.251 e. The van der Waals surface area contributed by atoms with E-state index >= 15 is 0 Å². The summed E-state index contributed by atoms with van der Waals surface area (Å²) in [6.45, 7) is 7.46. The molecular formula is C15H24N4O. The molecule has 1 aromatic rings. The van der Waals surface area contributed by atoms with E-state index in [2.05, 4.69) is 19.8 Å². The number of H-pyrrole nitrogens is 1. The highest BCUT2D eigenvalue weighted by molar-refractivity contribution is 5.02. The fourth-order valence-electron chi connectivity index (χ4n) is 3.50. The van der Waals surface area contributed by atoms with Gasteiger partial charge in [-0.3, -0.25) is 9.69 Å². The lowest BCUT2D eigenvalue weighted by Crippen LogP contribution is -2.43. The number of piperidine rings is 1. The van der Waals surface area contributed by atoms with Gasteiger partial charge in [0.15, 0.2) is 0 Å². The second-order valence-electron chi connectivity index (χ2n) is 6.07. The fourth-order valence-corrected chi connectivity index (χ4v) is 3.50. The average Bonchev–Trinajstić information content (AvgIpc) is 2.92. The number of nitrogens with zero attached hydrogens (tertiary/aromatic N) is 3. The van der Waals surface area contributed by atoms with Crippen LogP contribution in [0.2, 0.25) is 0 Å². The number of aromatic amines is 1. The van der Waals surface area contributed by atoms with Crippen molar-refractivity contribution >= 4 is 0 Å². The van der Waals surface area contributed by atoms with Gasteiger partial charge in [0.25, 0.3) is 5.56 Å². The van der Waals surface area contributed by atoms with Crippen LogP contribution in [0.15, 0.2) is 10.9 Å². The van der Waals surface area contributed by atoms with Crippen LogP contribution in [-0.4, -0.2) is 52.0 Å². The number of nitrogens with one attached hydrogen (secondary N) is 1. The van der Waals surface area contributed by atoms with Crippen LogP contribution in [0.5, 0.6) is 0 Å². The predicted octanol–water partition coefficient (Wildman–Crippen LogP) is 1.14. The predicted molar refractivity (Wildman–Crippen MR) is 78.7 cm³/mol. The standard InChI is InChI=1S/C15H24N4O/c1-12-16-13(10-15(20)17-12)11-18-8-4-14(5-9-18)19-6-2-3-7-19/h10,14H,2-9,11H2,1H3,(H,16,17,20). The number of hydrogen-bond acceptors (Lipinski definition) is 4. The molecule has 1 N–H and O–H groups in total. The molecule has 20 heavy (non-hydrogen) atoms. The molecule has 5 heteroatoms. The summed E-state index contributed by atoms with van der Waals surface area (Å²) < 4.78 is 0. The number of hydrogen-bond donors (Lipinski definition) is 1. The Morgan fingerprint density at radius 1 is 1.25 bits per heavy atom. The first kappa shape index (κ1) is 13.8. The van der Waals surface area contributed by atoms with Crippen molar-refractivity contribution in [2.75, 3.05) is 26.2 Å². The molecule has 2 aliphatic heterocycles. The third kappa shape index (κ3) is 3.27. The molecule has 3 heterocycles. The maximum Gasteiger partial charge on any atom is 0.251 e. The van der Waals surface area contributed by atoms with E-state index in [1.54, 1.807) is 6.07 Å². The van der Waals surface area contributed by atoms with Crippen LogP contribution < -0.4 is 5.56 Å². The largest absolute Gasteiger partial charge is 0.311 e. The van der Waals surface area contributed by atoms with E-state index in [1.807, 2.05) is 6.92 Å². The van der Waals surface area contributed by atoms with Crippen LogP contribution in [0.3, 0.4) is 0 Å². The van der Waals surface area contributed by atoms with Crippen LogP contribution in [0.25, 0.3) is 0 Å². The highest BCUT2D eigenvalue weighted by atomic mass is 16.1. The van der Waals surface area contributed by atoms with E-state index in [1.165, 1.54) is 38.8 Å². The van der Waals surface area contributed by atoms with Gasteiger partial charge in [-0.25, -0.2) is 4.98 Å². The molecule has 5 nitrogen and oxygen atoms in total.